The molecule has 1 heterocycles. The molecule has 0 aliphatic heterocycles. The topological polar surface area (TPSA) is 53.1 Å². The standard InChI is InChI=1S/C12H7Br2ClFNO2/c1-4-2-5(15)3-6(10(4)18)11(19)9-7(13)8(14)12(16)17-9/h2-3,17-18H,1H3. The van der Waals surface area contributed by atoms with E-state index in [4.69, 9.17) is 11.6 Å². The number of rotatable bonds is 2. The number of halogens is 4. The molecule has 1 aromatic carbocycles. The molecule has 2 N–H and O–H groups in total. The molecule has 19 heavy (non-hydrogen) atoms. The zero-order valence-corrected chi connectivity index (χ0v) is 13.4. The highest BCUT2D eigenvalue weighted by atomic mass is 79.9. The molecule has 3 nitrogen and oxygen atoms in total. The maximum atomic E-state index is 13.4. The lowest BCUT2D eigenvalue weighted by Crippen LogP contribution is -2.04. The quantitative estimate of drug-likeness (QED) is 0.711. The summed E-state index contributed by atoms with van der Waals surface area (Å²) in [6, 6.07) is 2.87. The van der Waals surface area contributed by atoms with Crippen LogP contribution in [0.15, 0.2) is 21.1 Å². The molecule has 1 aromatic heterocycles. The molecule has 0 spiro atoms. The molecule has 2 aromatic rings. The molecule has 0 aliphatic rings. The van der Waals surface area contributed by atoms with Gasteiger partial charge in [-0.05, 0) is 56.5 Å². The first-order chi connectivity index (χ1) is 8.82. The Labute approximate surface area is 130 Å². The largest absolute Gasteiger partial charge is 0.507 e. The first-order valence-corrected chi connectivity index (χ1v) is 7.05. The van der Waals surface area contributed by atoms with Crippen LogP contribution in [-0.4, -0.2) is 15.9 Å². The molecular weight excluding hydrogens is 404 g/mol. The van der Waals surface area contributed by atoms with Crippen LogP contribution in [0.5, 0.6) is 5.75 Å². The number of hydrogen-bond acceptors (Lipinski definition) is 2. The minimum absolute atomic E-state index is 0.00124. The number of phenolic OH excluding ortho intramolecular Hbond substituents is 1. The molecule has 0 saturated heterocycles. The van der Waals surface area contributed by atoms with E-state index in [1.807, 2.05) is 0 Å². The zero-order valence-electron chi connectivity index (χ0n) is 9.52. The van der Waals surface area contributed by atoms with Crippen molar-refractivity contribution in [1.82, 2.24) is 4.98 Å². The lowest BCUT2D eigenvalue weighted by atomic mass is 10.0. The Hall–Kier alpha value is -0.850. The van der Waals surface area contributed by atoms with Crippen LogP contribution in [0, 0.1) is 12.9 Å². The maximum Gasteiger partial charge on any atom is 0.214 e. The summed E-state index contributed by atoms with van der Waals surface area (Å²) in [5.41, 5.74) is 0.485. The monoisotopic (exact) mass is 409 g/mol. The molecule has 0 fully saturated rings. The summed E-state index contributed by atoms with van der Waals surface area (Å²) in [5, 5.41) is 10.2. The summed E-state index contributed by atoms with van der Waals surface area (Å²) in [7, 11) is 0. The number of aromatic hydroxyl groups is 1. The maximum absolute atomic E-state index is 13.4. The van der Waals surface area contributed by atoms with Gasteiger partial charge in [-0.2, -0.15) is 4.39 Å². The van der Waals surface area contributed by atoms with Crippen LogP contribution in [0.25, 0.3) is 0 Å². The second kappa shape index (κ2) is 5.26. The number of nitrogens with one attached hydrogen (secondary N) is 1. The van der Waals surface area contributed by atoms with Gasteiger partial charge in [-0.15, -0.1) is 0 Å². The van der Waals surface area contributed by atoms with Crippen molar-refractivity contribution in [2.24, 2.45) is 0 Å². The minimum Gasteiger partial charge on any atom is -0.507 e. The Morgan fingerprint density at radius 3 is 2.53 bits per heavy atom. The number of hydrogen-bond donors (Lipinski definition) is 2. The van der Waals surface area contributed by atoms with Crippen LogP contribution >= 0.6 is 43.5 Å². The Kier molecular flexibility index (Phi) is 4.03. The molecule has 0 bridgehead atoms. The fraction of sp³-hybridized carbons (Fsp3) is 0.0833. The predicted molar refractivity (Wildman–Crippen MR) is 77.4 cm³/mol. The number of aromatic amines is 1. The van der Waals surface area contributed by atoms with Gasteiger partial charge in [0.15, 0.2) is 0 Å². The SMILES string of the molecule is Cc1cc(Cl)cc(C(=O)c2[nH]c(F)c(Br)c2Br)c1O. The van der Waals surface area contributed by atoms with Gasteiger partial charge in [0.05, 0.1) is 14.5 Å². The number of aromatic nitrogens is 1. The average molecular weight is 411 g/mol. The third-order valence-corrected chi connectivity index (χ3v) is 4.86. The Bertz CT molecular complexity index is 685. The molecule has 0 amide bonds. The fourth-order valence-electron chi connectivity index (χ4n) is 1.63. The highest BCUT2D eigenvalue weighted by Crippen LogP contribution is 2.34. The summed E-state index contributed by atoms with van der Waals surface area (Å²) in [6.07, 6.45) is 0. The summed E-state index contributed by atoms with van der Waals surface area (Å²) in [4.78, 5) is 14.6. The van der Waals surface area contributed by atoms with E-state index in [9.17, 15) is 14.3 Å². The van der Waals surface area contributed by atoms with Gasteiger partial charge < -0.3 is 10.1 Å². The third kappa shape index (κ3) is 2.57. The molecule has 0 saturated carbocycles. The van der Waals surface area contributed by atoms with E-state index in [1.165, 1.54) is 12.1 Å². The van der Waals surface area contributed by atoms with E-state index in [0.717, 1.165) is 0 Å². The van der Waals surface area contributed by atoms with Crippen molar-refractivity contribution in [2.75, 3.05) is 0 Å². The van der Waals surface area contributed by atoms with Gasteiger partial charge in [0.25, 0.3) is 0 Å². The van der Waals surface area contributed by atoms with Crippen LogP contribution in [0.1, 0.15) is 21.6 Å². The van der Waals surface area contributed by atoms with E-state index in [2.05, 4.69) is 36.8 Å². The van der Waals surface area contributed by atoms with Gasteiger partial charge in [-0.3, -0.25) is 4.79 Å². The number of aryl methyl sites for hydroxylation is 1. The molecule has 0 unspecified atom stereocenters. The molecule has 0 aliphatic carbocycles. The number of phenols is 1. The summed E-state index contributed by atoms with van der Waals surface area (Å²) < 4.78 is 13.7. The molecular formula is C12H7Br2ClFNO2. The summed E-state index contributed by atoms with van der Waals surface area (Å²) in [6.45, 7) is 1.62. The number of carbonyl (C=O) groups excluding carboxylic acids is 1. The lowest BCUT2D eigenvalue weighted by Gasteiger charge is -2.07. The number of benzene rings is 1. The first kappa shape index (κ1) is 14.6. The number of carbonyl (C=O) groups is 1. The van der Waals surface area contributed by atoms with Gasteiger partial charge in [0, 0.05) is 5.02 Å². The van der Waals surface area contributed by atoms with Gasteiger partial charge in [0.1, 0.15) is 11.4 Å². The van der Waals surface area contributed by atoms with Crippen LogP contribution in [0.2, 0.25) is 5.02 Å². The normalized spacial score (nSPS) is 10.8. The van der Waals surface area contributed by atoms with Crippen LogP contribution in [0.3, 0.4) is 0 Å². The molecule has 2 rings (SSSR count). The highest BCUT2D eigenvalue weighted by molar-refractivity contribution is 9.13. The summed E-state index contributed by atoms with van der Waals surface area (Å²) >= 11 is 12.0. The Morgan fingerprint density at radius 1 is 1.37 bits per heavy atom. The smallest absolute Gasteiger partial charge is 0.214 e. The van der Waals surface area contributed by atoms with Crippen molar-refractivity contribution in [2.45, 2.75) is 6.92 Å². The Morgan fingerprint density at radius 2 is 2.00 bits per heavy atom. The molecule has 0 atom stereocenters. The molecule has 100 valence electrons. The van der Waals surface area contributed by atoms with Crippen molar-refractivity contribution in [1.29, 1.82) is 0 Å². The van der Waals surface area contributed by atoms with Gasteiger partial charge in [0.2, 0.25) is 11.7 Å². The van der Waals surface area contributed by atoms with Crippen LogP contribution in [0.4, 0.5) is 4.39 Å². The van der Waals surface area contributed by atoms with Crippen molar-refractivity contribution in [3.8, 4) is 5.75 Å². The molecule has 7 heteroatoms. The van der Waals surface area contributed by atoms with Gasteiger partial charge in [-0.1, -0.05) is 11.6 Å². The van der Waals surface area contributed by atoms with E-state index in [1.54, 1.807) is 6.92 Å². The third-order valence-electron chi connectivity index (χ3n) is 2.58. The van der Waals surface area contributed by atoms with Gasteiger partial charge in [-0.25, -0.2) is 0 Å². The van der Waals surface area contributed by atoms with Gasteiger partial charge >= 0.3 is 0 Å². The fourth-order valence-corrected chi connectivity index (χ4v) is 2.65. The molecule has 0 radical (unpaired) electrons. The van der Waals surface area contributed by atoms with E-state index in [-0.39, 0.29) is 26.0 Å². The van der Waals surface area contributed by atoms with Crippen LogP contribution < -0.4 is 0 Å². The predicted octanol–water partition coefficient (Wildman–Crippen LogP) is 4.58. The van der Waals surface area contributed by atoms with Crippen LogP contribution in [-0.2, 0) is 0 Å². The Balaban J connectivity index is 2.59. The van der Waals surface area contributed by atoms with E-state index >= 15 is 0 Å². The van der Waals surface area contributed by atoms with Crippen molar-refractivity contribution in [3.05, 3.63) is 48.9 Å². The first-order valence-electron chi connectivity index (χ1n) is 5.09. The average Bonchev–Trinajstić information content (AvgIpc) is 2.61. The zero-order chi connectivity index (χ0) is 14.3. The second-order valence-electron chi connectivity index (χ2n) is 3.89. The second-order valence-corrected chi connectivity index (χ2v) is 5.91. The van der Waals surface area contributed by atoms with E-state index < -0.39 is 11.7 Å². The highest BCUT2D eigenvalue weighted by Gasteiger charge is 2.23. The number of H-pyrrole nitrogens is 1. The van der Waals surface area contributed by atoms with E-state index in [0.29, 0.717) is 10.6 Å². The summed E-state index contributed by atoms with van der Waals surface area (Å²) in [5.74, 6) is -1.40. The van der Waals surface area contributed by atoms with Crippen molar-refractivity contribution < 1.29 is 14.3 Å². The van der Waals surface area contributed by atoms with Crippen molar-refractivity contribution in [3.63, 3.8) is 0 Å². The lowest BCUT2D eigenvalue weighted by molar-refractivity contribution is 0.103. The minimum atomic E-state index is -0.673. The van der Waals surface area contributed by atoms with Crippen molar-refractivity contribution >= 4 is 49.2 Å². The number of ketones is 1.